The van der Waals surface area contributed by atoms with E-state index in [1.165, 1.54) is 0 Å². The Morgan fingerprint density at radius 2 is 1.50 bits per heavy atom. The van der Waals surface area contributed by atoms with Crippen LogP contribution in [0.25, 0.3) is 32.3 Å². The number of nitrogens with zero attached hydrogens (tertiary/aromatic N) is 1. The summed E-state index contributed by atoms with van der Waals surface area (Å²) in [6.07, 6.45) is 2.85. The van der Waals surface area contributed by atoms with E-state index in [2.05, 4.69) is 20.3 Å². The van der Waals surface area contributed by atoms with E-state index in [0.717, 1.165) is 49.8 Å². The number of nitrogens with two attached hydrogens (primary N) is 1. The molecule has 3 aromatic carbocycles. The van der Waals surface area contributed by atoms with Crippen molar-refractivity contribution in [3.05, 3.63) is 89.9 Å². The molecule has 10 heteroatoms. The molecule has 0 aliphatic carbocycles. The van der Waals surface area contributed by atoms with E-state index in [-0.39, 0.29) is 6.03 Å². The number of nitrogens with one attached hydrogen (secondary N) is 3. The van der Waals surface area contributed by atoms with Crippen LogP contribution in [0, 0.1) is 6.92 Å². The summed E-state index contributed by atoms with van der Waals surface area (Å²) in [5.41, 5.74) is 12.9. The van der Waals surface area contributed by atoms with Gasteiger partial charge in [-0.25, -0.2) is 18.2 Å². The molecule has 0 unspecified atom stereocenters. The highest BCUT2D eigenvalue weighted by molar-refractivity contribution is 7.92. The lowest BCUT2D eigenvalue weighted by molar-refractivity contribution is 0.262. The van der Waals surface area contributed by atoms with Crippen LogP contribution < -0.4 is 21.1 Å². The smallest absolute Gasteiger partial charge is 0.323 e. The van der Waals surface area contributed by atoms with Crippen LogP contribution in [-0.2, 0) is 10.0 Å². The number of anilines is 4. The van der Waals surface area contributed by atoms with Gasteiger partial charge in [0.05, 0.1) is 6.26 Å². The summed E-state index contributed by atoms with van der Waals surface area (Å²) in [6, 6.07) is 22.0. The first kappa shape index (κ1) is 25.2. The number of urea groups is 1. The van der Waals surface area contributed by atoms with E-state index in [1.807, 2.05) is 73.0 Å². The van der Waals surface area contributed by atoms with E-state index in [1.54, 1.807) is 29.7 Å². The number of aryl methyl sites for hydroxylation is 1. The largest absolute Gasteiger partial charge is 0.383 e. The fourth-order valence-electron chi connectivity index (χ4n) is 4.17. The van der Waals surface area contributed by atoms with E-state index < -0.39 is 10.0 Å². The number of nitrogen functional groups attached to an aromatic ring is 1. The zero-order valence-electron chi connectivity index (χ0n) is 20.6. The van der Waals surface area contributed by atoms with Crippen LogP contribution in [0.5, 0.6) is 0 Å². The van der Waals surface area contributed by atoms with Gasteiger partial charge in [0.1, 0.15) is 5.82 Å². The van der Waals surface area contributed by atoms with Gasteiger partial charge in [-0.15, -0.1) is 11.3 Å². The van der Waals surface area contributed by atoms with E-state index >= 15 is 0 Å². The number of thiophene rings is 1. The molecule has 0 spiro atoms. The predicted molar refractivity (Wildman–Crippen MR) is 157 cm³/mol. The molecule has 5 N–H and O–H groups in total. The van der Waals surface area contributed by atoms with Gasteiger partial charge in [0, 0.05) is 44.5 Å². The Morgan fingerprint density at radius 1 is 0.868 bits per heavy atom. The van der Waals surface area contributed by atoms with E-state index in [9.17, 15) is 13.2 Å². The number of sulfonamides is 1. The second-order valence-electron chi connectivity index (χ2n) is 8.89. The van der Waals surface area contributed by atoms with Crippen LogP contribution in [0.3, 0.4) is 0 Å². The highest BCUT2D eigenvalue weighted by Crippen LogP contribution is 2.42. The summed E-state index contributed by atoms with van der Waals surface area (Å²) in [7, 11) is -3.35. The molecule has 5 rings (SSSR count). The van der Waals surface area contributed by atoms with Gasteiger partial charge in [0.2, 0.25) is 10.0 Å². The molecule has 8 nitrogen and oxygen atoms in total. The molecule has 0 saturated heterocycles. The quantitative estimate of drug-likeness (QED) is 0.194. The summed E-state index contributed by atoms with van der Waals surface area (Å²) in [4.78, 5) is 16.8. The Labute approximate surface area is 224 Å². The molecule has 192 valence electrons. The monoisotopic (exact) mass is 543 g/mol. The van der Waals surface area contributed by atoms with Crippen molar-refractivity contribution >= 4 is 60.4 Å². The van der Waals surface area contributed by atoms with Gasteiger partial charge in [-0.3, -0.25) is 4.72 Å². The lowest BCUT2D eigenvalue weighted by Crippen LogP contribution is -2.19. The topological polar surface area (TPSA) is 126 Å². The number of aromatic nitrogens is 1. The standard InChI is InChI=1S/C28H25N5O3S2/c1-17-4-3-5-22(14-17)32-28(34)31-20-10-6-19(7-11-20)24-16-37-26-23(15-30-27(29)25(24)26)18-8-12-21(13-9-18)33-38(2,35)36/h3-16,33H,1-2H3,(H2,29,30)(H2,31,32,34). The summed E-state index contributed by atoms with van der Waals surface area (Å²) in [5.74, 6) is 0.426. The minimum absolute atomic E-state index is 0.319. The molecule has 0 atom stereocenters. The van der Waals surface area contributed by atoms with Gasteiger partial charge in [-0.05, 0) is 65.4 Å². The SMILES string of the molecule is Cc1cccc(NC(=O)Nc2ccc(-c3csc4c(-c5ccc(NS(C)(=O)=O)cc5)cnc(N)c34)cc2)c1. The zero-order valence-corrected chi connectivity index (χ0v) is 22.3. The van der Waals surface area contributed by atoms with E-state index in [4.69, 9.17) is 5.73 Å². The third-order valence-electron chi connectivity index (χ3n) is 5.85. The summed E-state index contributed by atoms with van der Waals surface area (Å²) in [5, 5.41) is 8.58. The molecule has 2 amide bonds. The Kier molecular flexibility index (Phi) is 6.75. The Morgan fingerprint density at radius 3 is 2.16 bits per heavy atom. The third kappa shape index (κ3) is 5.61. The molecular weight excluding hydrogens is 518 g/mol. The van der Waals surface area contributed by atoms with Crippen molar-refractivity contribution in [3.8, 4) is 22.3 Å². The van der Waals surface area contributed by atoms with Crippen molar-refractivity contribution < 1.29 is 13.2 Å². The highest BCUT2D eigenvalue weighted by atomic mass is 32.2. The number of carbonyl (C=O) groups is 1. The number of pyridine rings is 1. The van der Waals surface area contributed by atoms with Gasteiger partial charge in [0.15, 0.2) is 0 Å². The molecule has 0 bridgehead atoms. The van der Waals surface area contributed by atoms with Crippen LogP contribution in [0.1, 0.15) is 5.56 Å². The number of carbonyl (C=O) groups excluding carboxylic acids is 1. The summed E-state index contributed by atoms with van der Waals surface area (Å²) in [6.45, 7) is 1.97. The van der Waals surface area contributed by atoms with Gasteiger partial charge in [-0.2, -0.15) is 0 Å². The van der Waals surface area contributed by atoms with Gasteiger partial charge in [-0.1, -0.05) is 36.4 Å². The summed E-state index contributed by atoms with van der Waals surface area (Å²) < 4.78 is 26.5. The van der Waals surface area contributed by atoms with E-state index in [0.29, 0.717) is 17.2 Å². The van der Waals surface area contributed by atoms with Crippen molar-refractivity contribution in [2.45, 2.75) is 6.92 Å². The molecule has 2 heterocycles. The molecular formula is C28H25N5O3S2. The number of fused-ring (bicyclic) bond motifs is 1. The molecule has 38 heavy (non-hydrogen) atoms. The van der Waals surface area contributed by atoms with Crippen molar-refractivity contribution in [1.82, 2.24) is 4.98 Å². The van der Waals surface area contributed by atoms with Crippen LogP contribution >= 0.6 is 11.3 Å². The van der Waals surface area contributed by atoms with Crippen LogP contribution in [0.2, 0.25) is 0 Å². The van der Waals surface area contributed by atoms with Gasteiger partial charge in [0.25, 0.3) is 0 Å². The second kappa shape index (κ2) is 10.2. The Balaban J connectivity index is 1.38. The molecule has 2 aromatic heterocycles. The lowest BCUT2D eigenvalue weighted by Gasteiger charge is -2.10. The number of rotatable bonds is 6. The third-order valence-corrected chi connectivity index (χ3v) is 7.47. The van der Waals surface area contributed by atoms with Crippen molar-refractivity contribution in [1.29, 1.82) is 0 Å². The number of hydrogen-bond acceptors (Lipinski definition) is 6. The van der Waals surface area contributed by atoms with Crippen LogP contribution in [-0.4, -0.2) is 25.7 Å². The Bertz CT molecular complexity index is 1750. The maximum atomic E-state index is 12.4. The maximum Gasteiger partial charge on any atom is 0.323 e. The zero-order chi connectivity index (χ0) is 26.9. The molecule has 0 fully saturated rings. The fraction of sp³-hybridized carbons (Fsp3) is 0.0714. The molecule has 0 aliphatic rings. The first-order valence-corrected chi connectivity index (χ1v) is 14.4. The lowest BCUT2D eigenvalue weighted by atomic mass is 10.0. The van der Waals surface area contributed by atoms with Crippen molar-refractivity contribution in [2.75, 3.05) is 27.3 Å². The Hall–Kier alpha value is -4.41. The molecule has 0 radical (unpaired) electrons. The predicted octanol–water partition coefficient (Wildman–Crippen LogP) is 6.54. The maximum absolute atomic E-state index is 12.4. The summed E-state index contributed by atoms with van der Waals surface area (Å²) >= 11 is 1.56. The number of amides is 2. The number of benzene rings is 3. The first-order chi connectivity index (χ1) is 18.2. The molecule has 0 aliphatic heterocycles. The minimum atomic E-state index is -3.35. The van der Waals surface area contributed by atoms with Gasteiger partial charge < -0.3 is 16.4 Å². The van der Waals surface area contributed by atoms with Crippen molar-refractivity contribution in [3.63, 3.8) is 0 Å². The normalized spacial score (nSPS) is 11.3. The average molecular weight is 544 g/mol. The van der Waals surface area contributed by atoms with Gasteiger partial charge >= 0.3 is 6.03 Å². The minimum Gasteiger partial charge on any atom is -0.383 e. The number of hydrogen-bond donors (Lipinski definition) is 4. The fourth-order valence-corrected chi connectivity index (χ4v) is 5.85. The first-order valence-electron chi connectivity index (χ1n) is 11.7. The average Bonchev–Trinajstić information content (AvgIpc) is 3.31. The van der Waals surface area contributed by atoms with Crippen LogP contribution in [0.15, 0.2) is 84.4 Å². The second-order valence-corrected chi connectivity index (χ2v) is 11.5. The van der Waals surface area contributed by atoms with Crippen molar-refractivity contribution in [2.24, 2.45) is 0 Å². The molecule has 5 aromatic rings. The highest BCUT2D eigenvalue weighted by Gasteiger charge is 2.16. The molecule has 0 saturated carbocycles. The van der Waals surface area contributed by atoms with Crippen LogP contribution in [0.4, 0.5) is 27.7 Å².